The molecule has 0 radical (unpaired) electrons. The van der Waals surface area contributed by atoms with Gasteiger partial charge in [-0.05, 0) is 32.1 Å². The Morgan fingerprint density at radius 3 is 2.32 bits per heavy atom. The van der Waals surface area contributed by atoms with Gasteiger partial charge in [-0.25, -0.2) is 0 Å². The molecule has 7 heteroatoms. The molecule has 0 N–H and O–H groups in total. The number of carbonyl (C=O) groups is 2. The average molecular weight is 345 g/mol. The summed E-state index contributed by atoms with van der Waals surface area (Å²) in [6.45, 7) is 2.21. The summed E-state index contributed by atoms with van der Waals surface area (Å²) in [5, 5.41) is 7.75. The first-order valence-electron chi connectivity index (χ1n) is 9.65. The van der Waals surface area contributed by atoms with Crippen molar-refractivity contribution in [1.29, 1.82) is 0 Å². The minimum absolute atomic E-state index is 0.00948. The molecule has 7 nitrogen and oxygen atoms in total. The van der Waals surface area contributed by atoms with E-state index in [9.17, 15) is 9.59 Å². The van der Waals surface area contributed by atoms with Crippen molar-refractivity contribution in [1.82, 2.24) is 24.6 Å². The number of carbonyl (C=O) groups excluding carboxylic acids is 2. The van der Waals surface area contributed by atoms with Crippen LogP contribution in [0, 0.1) is 5.92 Å². The first kappa shape index (κ1) is 16.5. The van der Waals surface area contributed by atoms with E-state index in [1.807, 2.05) is 14.4 Å². The van der Waals surface area contributed by atoms with Crippen LogP contribution in [-0.4, -0.2) is 62.1 Å². The van der Waals surface area contributed by atoms with Gasteiger partial charge in [0.1, 0.15) is 12.7 Å². The molecule has 2 saturated heterocycles. The number of likely N-dealkylation sites (tertiary alicyclic amines) is 2. The second-order valence-electron chi connectivity index (χ2n) is 7.69. The van der Waals surface area contributed by atoms with Gasteiger partial charge in [0.2, 0.25) is 11.8 Å². The lowest BCUT2D eigenvalue weighted by Crippen LogP contribution is -2.51. The predicted molar refractivity (Wildman–Crippen MR) is 91.6 cm³/mol. The Morgan fingerprint density at radius 1 is 0.960 bits per heavy atom. The molecule has 2 aliphatic heterocycles. The lowest BCUT2D eigenvalue weighted by Gasteiger charge is -2.39. The van der Waals surface area contributed by atoms with E-state index in [1.165, 1.54) is 12.8 Å². The summed E-state index contributed by atoms with van der Waals surface area (Å²) in [5.41, 5.74) is 0. The van der Waals surface area contributed by atoms with Gasteiger partial charge in [-0.3, -0.25) is 9.59 Å². The summed E-state index contributed by atoms with van der Waals surface area (Å²) in [6.07, 6.45) is 11.3. The quantitative estimate of drug-likeness (QED) is 0.835. The van der Waals surface area contributed by atoms with Crippen molar-refractivity contribution in [2.45, 2.75) is 63.5 Å². The van der Waals surface area contributed by atoms with E-state index >= 15 is 0 Å². The van der Waals surface area contributed by atoms with Crippen LogP contribution in [0.5, 0.6) is 0 Å². The number of rotatable bonds is 3. The van der Waals surface area contributed by atoms with E-state index < -0.39 is 0 Å². The molecule has 25 heavy (non-hydrogen) atoms. The number of hydrogen-bond donors (Lipinski definition) is 0. The maximum absolute atomic E-state index is 13.0. The second kappa shape index (κ2) is 7.14. The first-order chi connectivity index (χ1) is 12.2. The van der Waals surface area contributed by atoms with Gasteiger partial charge in [0, 0.05) is 38.1 Å². The Labute approximate surface area is 148 Å². The van der Waals surface area contributed by atoms with E-state index in [2.05, 4.69) is 10.2 Å². The van der Waals surface area contributed by atoms with Gasteiger partial charge in [-0.15, -0.1) is 10.2 Å². The number of hydrogen-bond acceptors (Lipinski definition) is 4. The van der Waals surface area contributed by atoms with Crippen LogP contribution in [0.3, 0.4) is 0 Å². The standard InChI is InChI=1S/C18H27N5O2/c24-17-6-5-14(11-23(17)16-3-1-2-4-16)18(25)21-9-7-15(8-10-21)22-12-19-20-13-22/h12-16H,1-11H2/t14-/m1/s1. The monoisotopic (exact) mass is 345 g/mol. The third-order valence-electron chi connectivity index (χ3n) is 6.19. The Balaban J connectivity index is 1.34. The molecule has 1 aliphatic carbocycles. The molecule has 4 rings (SSSR count). The molecule has 136 valence electrons. The van der Waals surface area contributed by atoms with E-state index in [0.717, 1.165) is 38.8 Å². The molecule has 0 spiro atoms. The smallest absolute Gasteiger partial charge is 0.227 e. The summed E-state index contributed by atoms with van der Waals surface area (Å²) in [4.78, 5) is 29.3. The minimum Gasteiger partial charge on any atom is -0.342 e. The highest BCUT2D eigenvalue weighted by Gasteiger charge is 2.37. The predicted octanol–water partition coefficient (Wildman–Crippen LogP) is 1.62. The van der Waals surface area contributed by atoms with Crippen LogP contribution in [0.15, 0.2) is 12.7 Å². The molecule has 3 aliphatic rings. The van der Waals surface area contributed by atoms with Gasteiger partial charge in [0.05, 0.1) is 5.92 Å². The highest BCUT2D eigenvalue weighted by molar-refractivity contribution is 5.84. The van der Waals surface area contributed by atoms with Crippen LogP contribution in [0.4, 0.5) is 0 Å². The van der Waals surface area contributed by atoms with Crippen LogP contribution in [0.2, 0.25) is 0 Å². The zero-order chi connectivity index (χ0) is 17.2. The molecule has 1 aromatic heterocycles. The topological polar surface area (TPSA) is 71.3 Å². The summed E-state index contributed by atoms with van der Waals surface area (Å²) in [6, 6.07) is 0.768. The SMILES string of the molecule is O=C([C@@H]1CCC(=O)N(C2CCCC2)C1)N1CCC(n2cnnc2)CC1. The Kier molecular flexibility index (Phi) is 4.72. The molecule has 3 heterocycles. The van der Waals surface area contributed by atoms with Crippen LogP contribution < -0.4 is 0 Å². The summed E-state index contributed by atoms with van der Waals surface area (Å²) in [5.74, 6) is 0.490. The van der Waals surface area contributed by atoms with Crippen LogP contribution in [0.25, 0.3) is 0 Å². The fourth-order valence-corrected chi connectivity index (χ4v) is 4.68. The molecule has 1 saturated carbocycles. The molecule has 0 bridgehead atoms. The Bertz CT molecular complexity index is 603. The maximum atomic E-state index is 13.0. The summed E-state index contributed by atoms with van der Waals surface area (Å²) in [7, 11) is 0. The van der Waals surface area contributed by atoms with Crippen LogP contribution in [0.1, 0.15) is 57.4 Å². The maximum Gasteiger partial charge on any atom is 0.227 e. The summed E-state index contributed by atoms with van der Waals surface area (Å²) >= 11 is 0. The zero-order valence-corrected chi connectivity index (χ0v) is 14.7. The molecule has 3 fully saturated rings. The molecule has 0 unspecified atom stereocenters. The number of piperidine rings is 2. The Morgan fingerprint density at radius 2 is 1.64 bits per heavy atom. The van der Waals surface area contributed by atoms with Gasteiger partial charge < -0.3 is 14.4 Å². The fourth-order valence-electron chi connectivity index (χ4n) is 4.68. The van der Waals surface area contributed by atoms with Gasteiger partial charge in [0.15, 0.2) is 0 Å². The van der Waals surface area contributed by atoms with Crippen molar-refractivity contribution in [2.24, 2.45) is 5.92 Å². The van der Waals surface area contributed by atoms with E-state index in [0.29, 0.717) is 31.5 Å². The van der Waals surface area contributed by atoms with E-state index in [4.69, 9.17) is 0 Å². The van der Waals surface area contributed by atoms with Crippen molar-refractivity contribution in [2.75, 3.05) is 19.6 Å². The minimum atomic E-state index is -0.00948. The van der Waals surface area contributed by atoms with E-state index in [1.54, 1.807) is 12.7 Å². The van der Waals surface area contributed by atoms with Crippen LogP contribution >= 0.6 is 0 Å². The normalized spacial score (nSPS) is 26.4. The van der Waals surface area contributed by atoms with Gasteiger partial charge in [0.25, 0.3) is 0 Å². The fraction of sp³-hybridized carbons (Fsp3) is 0.778. The third kappa shape index (κ3) is 3.41. The second-order valence-corrected chi connectivity index (χ2v) is 7.69. The van der Waals surface area contributed by atoms with Gasteiger partial charge in [-0.1, -0.05) is 12.8 Å². The lowest BCUT2D eigenvalue weighted by atomic mass is 9.93. The number of nitrogens with zero attached hydrogens (tertiary/aromatic N) is 5. The van der Waals surface area contributed by atoms with Crippen molar-refractivity contribution < 1.29 is 9.59 Å². The molecule has 1 atom stereocenters. The van der Waals surface area contributed by atoms with Gasteiger partial charge in [-0.2, -0.15) is 0 Å². The summed E-state index contributed by atoms with van der Waals surface area (Å²) < 4.78 is 2.04. The van der Waals surface area contributed by atoms with Crippen LogP contribution in [-0.2, 0) is 9.59 Å². The highest BCUT2D eigenvalue weighted by Crippen LogP contribution is 2.30. The number of aromatic nitrogens is 3. The van der Waals surface area contributed by atoms with Gasteiger partial charge >= 0.3 is 0 Å². The highest BCUT2D eigenvalue weighted by atomic mass is 16.2. The van der Waals surface area contributed by atoms with Crippen molar-refractivity contribution in [3.8, 4) is 0 Å². The first-order valence-corrected chi connectivity index (χ1v) is 9.65. The Hall–Kier alpha value is -1.92. The molecule has 0 aromatic carbocycles. The number of amides is 2. The third-order valence-corrected chi connectivity index (χ3v) is 6.19. The van der Waals surface area contributed by atoms with Crippen molar-refractivity contribution in [3.63, 3.8) is 0 Å². The lowest BCUT2D eigenvalue weighted by molar-refractivity contribution is -0.145. The molecular formula is C18H27N5O2. The average Bonchev–Trinajstić information content (AvgIpc) is 3.35. The van der Waals surface area contributed by atoms with Crippen molar-refractivity contribution >= 4 is 11.8 Å². The molecule has 1 aromatic rings. The molecule has 2 amide bonds. The van der Waals surface area contributed by atoms with E-state index in [-0.39, 0.29) is 17.7 Å². The van der Waals surface area contributed by atoms with Crippen molar-refractivity contribution in [3.05, 3.63) is 12.7 Å². The zero-order valence-electron chi connectivity index (χ0n) is 14.7. The largest absolute Gasteiger partial charge is 0.342 e. The molecular weight excluding hydrogens is 318 g/mol.